The lowest BCUT2D eigenvalue weighted by Crippen LogP contribution is -2.21. The summed E-state index contributed by atoms with van der Waals surface area (Å²) < 4.78 is 5.40. The van der Waals surface area contributed by atoms with E-state index in [0.29, 0.717) is 5.76 Å². The maximum atomic E-state index is 10.6. The molecular weight excluding hydrogens is 202 g/mol. The molecule has 84 valence electrons. The Morgan fingerprint density at radius 3 is 2.62 bits per heavy atom. The highest BCUT2D eigenvalue weighted by molar-refractivity contribution is 5.87. The van der Waals surface area contributed by atoms with Gasteiger partial charge in [-0.25, -0.2) is 0 Å². The summed E-state index contributed by atoms with van der Waals surface area (Å²) in [5.41, 5.74) is 1.90. The number of benzene rings is 1. The third-order valence-corrected chi connectivity index (χ3v) is 2.77. The fourth-order valence-corrected chi connectivity index (χ4v) is 1.88. The van der Waals surface area contributed by atoms with Crippen LogP contribution in [0.4, 0.5) is 5.69 Å². The number of rotatable bonds is 4. The molecule has 1 heterocycles. The Bertz CT molecular complexity index is 498. The van der Waals surface area contributed by atoms with Gasteiger partial charge in [0.05, 0.1) is 0 Å². The summed E-state index contributed by atoms with van der Waals surface area (Å²) in [6, 6.07) is 7.78. The van der Waals surface area contributed by atoms with Crippen LogP contribution in [0.25, 0.3) is 11.0 Å². The normalized spacial score (nSPS) is 10.6. The van der Waals surface area contributed by atoms with Crippen molar-refractivity contribution in [1.29, 1.82) is 0 Å². The Labute approximate surface area is 94.7 Å². The zero-order chi connectivity index (χ0) is 11.5. The lowest BCUT2D eigenvalue weighted by atomic mass is 10.2. The van der Waals surface area contributed by atoms with Crippen LogP contribution in [0.5, 0.6) is 0 Å². The smallest absolute Gasteiger partial charge is 0.185 e. The zero-order valence-corrected chi connectivity index (χ0v) is 9.56. The molecule has 0 saturated carbocycles. The highest BCUT2D eigenvalue weighted by Crippen LogP contribution is 2.24. The van der Waals surface area contributed by atoms with Crippen molar-refractivity contribution in [2.75, 3.05) is 18.0 Å². The van der Waals surface area contributed by atoms with E-state index in [1.807, 2.05) is 12.1 Å². The molecule has 0 radical (unpaired) electrons. The van der Waals surface area contributed by atoms with Crippen LogP contribution in [0.15, 0.2) is 28.7 Å². The van der Waals surface area contributed by atoms with Gasteiger partial charge in [-0.3, -0.25) is 4.79 Å². The van der Waals surface area contributed by atoms with Gasteiger partial charge in [-0.1, -0.05) is 0 Å². The van der Waals surface area contributed by atoms with Gasteiger partial charge in [-0.2, -0.15) is 0 Å². The molecule has 0 aliphatic rings. The average molecular weight is 217 g/mol. The summed E-state index contributed by atoms with van der Waals surface area (Å²) in [5, 5.41) is 0.970. The lowest BCUT2D eigenvalue weighted by Gasteiger charge is -2.20. The fraction of sp³-hybridized carbons (Fsp3) is 0.308. The van der Waals surface area contributed by atoms with Crippen molar-refractivity contribution in [1.82, 2.24) is 0 Å². The molecular formula is C13H15NO2. The molecule has 0 unspecified atom stereocenters. The molecule has 0 bridgehead atoms. The number of hydrogen-bond acceptors (Lipinski definition) is 3. The van der Waals surface area contributed by atoms with Crippen molar-refractivity contribution in [3.63, 3.8) is 0 Å². The molecule has 16 heavy (non-hydrogen) atoms. The molecule has 0 aliphatic carbocycles. The highest BCUT2D eigenvalue weighted by Gasteiger charge is 2.06. The van der Waals surface area contributed by atoms with Gasteiger partial charge in [0.15, 0.2) is 12.0 Å². The minimum atomic E-state index is 0.381. The Morgan fingerprint density at radius 1 is 1.25 bits per heavy atom. The first-order valence-corrected chi connectivity index (χ1v) is 5.52. The number of aldehydes is 1. The van der Waals surface area contributed by atoms with Gasteiger partial charge in [0.25, 0.3) is 0 Å². The molecule has 0 atom stereocenters. The van der Waals surface area contributed by atoms with Crippen LogP contribution in [0.1, 0.15) is 24.4 Å². The van der Waals surface area contributed by atoms with E-state index in [4.69, 9.17) is 4.42 Å². The average Bonchev–Trinajstić information content (AvgIpc) is 2.73. The lowest BCUT2D eigenvalue weighted by molar-refractivity contribution is 0.110. The molecule has 2 aromatic rings. The van der Waals surface area contributed by atoms with Crippen LogP contribution >= 0.6 is 0 Å². The van der Waals surface area contributed by atoms with Crippen molar-refractivity contribution >= 4 is 22.9 Å². The van der Waals surface area contributed by atoms with Crippen LogP contribution in [-0.4, -0.2) is 19.4 Å². The summed E-state index contributed by atoms with van der Waals surface area (Å²) in [7, 11) is 0. The maximum Gasteiger partial charge on any atom is 0.185 e. The van der Waals surface area contributed by atoms with Crippen molar-refractivity contribution in [2.24, 2.45) is 0 Å². The molecule has 3 heteroatoms. The summed E-state index contributed by atoms with van der Waals surface area (Å²) in [4.78, 5) is 12.8. The molecule has 0 spiro atoms. The van der Waals surface area contributed by atoms with Gasteiger partial charge in [-0.05, 0) is 32.0 Å². The van der Waals surface area contributed by atoms with Crippen LogP contribution in [0.2, 0.25) is 0 Å². The number of hydrogen-bond donors (Lipinski definition) is 0. The summed E-state index contributed by atoms with van der Waals surface area (Å²) in [6.07, 6.45) is 0.733. The van der Waals surface area contributed by atoms with Gasteiger partial charge in [0.1, 0.15) is 5.58 Å². The molecule has 1 aromatic carbocycles. The third kappa shape index (κ3) is 1.81. The maximum absolute atomic E-state index is 10.6. The Morgan fingerprint density at radius 2 is 2.00 bits per heavy atom. The molecule has 0 amide bonds. The van der Waals surface area contributed by atoms with E-state index in [1.54, 1.807) is 6.07 Å². The van der Waals surface area contributed by atoms with Crippen molar-refractivity contribution in [3.8, 4) is 0 Å². The molecule has 1 aromatic heterocycles. The van der Waals surface area contributed by atoms with Gasteiger partial charge in [-0.15, -0.1) is 0 Å². The summed E-state index contributed by atoms with van der Waals surface area (Å²) in [6.45, 7) is 6.16. The fourth-order valence-electron chi connectivity index (χ4n) is 1.88. The van der Waals surface area contributed by atoms with E-state index < -0.39 is 0 Å². The van der Waals surface area contributed by atoms with Crippen molar-refractivity contribution in [3.05, 3.63) is 30.0 Å². The van der Waals surface area contributed by atoms with Crippen molar-refractivity contribution in [2.45, 2.75) is 13.8 Å². The predicted octanol–water partition coefficient (Wildman–Crippen LogP) is 3.09. The van der Waals surface area contributed by atoms with Gasteiger partial charge >= 0.3 is 0 Å². The first kappa shape index (κ1) is 10.7. The van der Waals surface area contributed by atoms with E-state index in [2.05, 4.69) is 24.8 Å². The molecule has 2 rings (SSSR count). The number of nitrogens with zero attached hydrogens (tertiary/aromatic N) is 1. The third-order valence-electron chi connectivity index (χ3n) is 2.77. The SMILES string of the molecule is CCN(CC)c1ccc2cc(C=O)oc2c1. The topological polar surface area (TPSA) is 33.5 Å². The highest BCUT2D eigenvalue weighted by atomic mass is 16.3. The second kappa shape index (κ2) is 4.39. The molecule has 3 nitrogen and oxygen atoms in total. The number of carbonyl (C=O) groups is 1. The standard InChI is InChI=1S/C13H15NO2/c1-3-14(4-2)11-6-5-10-7-12(9-15)16-13(10)8-11/h5-9H,3-4H2,1-2H3. The minimum absolute atomic E-state index is 0.381. The van der Waals surface area contributed by atoms with E-state index in [-0.39, 0.29) is 0 Å². The van der Waals surface area contributed by atoms with Crippen LogP contribution in [0, 0.1) is 0 Å². The van der Waals surface area contributed by atoms with E-state index in [1.165, 1.54) is 0 Å². The molecule has 0 fully saturated rings. The van der Waals surface area contributed by atoms with Crippen LogP contribution in [-0.2, 0) is 0 Å². The minimum Gasteiger partial charge on any atom is -0.453 e. The zero-order valence-electron chi connectivity index (χ0n) is 9.56. The molecule has 0 aliphatic heterocycles. The van der Waals surface area contributed by atoms with Gasteiger partial charge in [0, 0.05) is 30.2 Å². The molecule has 0 saturated heterocycles. The van der Waals surface area contributed by atoms with Crippen LogP contribution in [0.3, 0.4) is 0 Å². The number of anilines is 1. The predicted molar refractivity (Wildman–Crippen MR) is 65.2 cm³/mol. The van der Waals surface area contributed by atoms with Gasteiger partial charge in [0.2, 0.25) is 0 Å². The number of furan rings is 1. The van der Waals surface area contributed by atoms with Crippen molar-refractivity contribution < 1.29 is 9.21 Å². The largest absolute Gasteiger partial charge is 0.453 e. The summed E-state index contributed by atoms with van der Waals surface area (Å²) >= 11 is 0. The first-order chi connectivity index (χ1) is 7.78. The second-order valence-corrected chi connectivity index (χ2v) is 3.66. The Hall–Kier alpha value is -1.77. The Balaban J connectivity index is 2.46. The van der Waals surface area contributed by atoms with Crippen LogP contribution < -0.4 is 4.90 Å². The number of carbonyl (C=O) groups excluding carboxylic acids is 1. The first-order valence-electron chi connectivity index (χ1n) is 5.52. The quantitative estimate of drug-likeness (QED) is 0.738. The monoisotopic (exact) mass is 217 g/mol. The van der Waals surface area contributed by atoms with Gasteiger partial charge < -0.3 is 9.32 Å². The van der Waals surface area contributed by atoms with E-state index in [9.17, 15) is 4.79 Å². The molecule has 0 N–H and O–H groups in total. The van der Waals surface area contributed by atoms with E-state index >= 15 is 0 Å². The van der Waals surface area contributed by atoms with E-state index in [0.717, 1.165) is 36.0 Å². The second-order valence-electron chi connectivity index (χ2n) is 3.66. The summed E-state index contributed by atoms with van der Waals surface area (Å²) in [5.74, 6) is 0.381. The Kier molecular flexibility index (Phi) is 2.95. The number of fused-ring (bicyclic) bond motifs is 1.